The fourth-order valence-electron chi connectivity index (χ4n) is 1.07. The van der Waals surface area contributed by atoms with E-state index in [1.807, 2.05) is 0 Å². The highest BCUT2D eigenvalue weighted by Gasteiger charge is 2.16. The van der Waals surface area contributed by atoms with Gasteiger partial charge in [0.1, 0.15) is 23.7 Å². The summed E-state index contributed by atoms with van der Waals surface area (Å²) in [6.07, 6.45) is 0. The molecule has 0 heterocycles. The van der Waals surface area contributed by atoms with Gasteiger partial charge >= 0.3 is 5.97 Å². The van der Waals surface area contributed by atoms with E-state index in [2.05, 4.69) is 27.2 Å². The van der Waals surface area contributed by atoms with Crippen molar-refractivity contribution in [1.29, 1.82) is 0 Å². The summed E-state index contributed by atoms with van der Waals surface area (Å²) in [6.45, 7) is 3.46. The van der Waals surface area contributed by atoms with Gasteiger partial charge in [-0.15, -0.1) is 0 Å². The Balaban J connectivity index is 3.11. The number of methoxy groups -OCH3 is 1. The molecule has 1 rings (SSSR count). The second-order valence-corrected chi connectivity index (χ2v) is 4.45. The monoisotopic (exact) mass is 322 g/mol. The number of esters is 1. The third kappa shape index (κ3) is 3.71. The molecule has 0 amide bonds. The summed E-state index contributed by atoms with van der Waals surface area (Å²) in [5.41, 5.74) is -0.00823. The van der Waals surface area contributed by atoms with Crippen molar-refractivity contribution in [3.8, 4) is 5.75 Å². The van der Waals surface area contributed by atoms with E-state index in [0.29, 0.717) is 0 Å². The Kier molecular flexibility index (Phi) is 4.96. The van der Waals surface area contributed by atoms with E-state index in [0.717, 1.165) is 6.07 Å². The first-order valence-corrected chi connectivity index (χ1v) is 5.66. The van der Waals surface area contributed by atoms with Crippen molar-refractivity contribution in [2.75, 3.05) is 13.7 Å². The van der Waals surface area contributed by atoms with Gasteiger partial charge in [0.15, 0.2) is 0 Å². The number of halogens is 3. The Morgan fingerprint density at radius 2 is 2.24 bits per heavy atom. The standard InChI is InChI=1S/C11H9BrClFO3/c1-6(13)5-17-10-4-8(12)9(14)3-7(10)11(15)16-2/h3-4H,1,5H2,2H3. The van der Waals surface area contributed by atoms with Crippen molar-refractivity contribution in [3.63, 3.8) is 0 Å². The highest BCUT2D eigenvalue weighted by atomic mass is 79.9. The molecule has 0 atom stereocenters. The van der Waals surface area contributed by atoms with Gasteiger partial charge < -0.3 is 9.47 Å². The molecule has 92 valence electrons. The van der Waals surface area contributed by atoms with E-state index in [9.17, 15) is 9.18 Å². The van der Waals surface area contributed by atoms with E-state index >= 15 is 0 Å². The highest BCUT2D eigenvalue weighted by molar-refractivity contribution is 9.10. The van der Waals surface area contributed by atoms with E-state index in [1.165, 1.54) is 13.2 Å². The largest absolute Gasteiger partial charge is 0.487 e. The number of carbonyl (C=O) groups is 1. The van der Waals surface area contributed by atoms with Gasteiger partial charge in [0, 0.05) is 5.03 Å². The molecule has 0 aliphatic rings. The number of ether oxygens (including phenoxy) is 2. The normalized spacial score (nSPS) is 9.88. The molecule has 0 N–H and O–H groups in total. The summed E-state index contributed by atoms with van der Waals surface area (Å²) in [7, 11) is 1.20. The minimum Gasteiger partial charge on any atom is -0.487 e. The number of rotatable bonds is 4. The maximum Gasteiger partial charge on any atom is 0.341 e. The Labute approximate surface area is 111 Å². The van der Waals surface area contributed by atoms with Gasteiger partial charge in [-0.1, -0.05) is 18.2 Å². The van der Waals surface area contributed by atoms with Crippen LogP contribution < -0.4 is 4.74 Å². The zero-order valence-corrected chi connectivity index (χ0v) is 11.3. The Bertz CT molecular complexity index is 462. The lowest BCUT2D eigenvalue weighted by molar-refractivity contribution is 0.0596. The molecule has 0 saturated carbocycles. The molecule has 0 unspecified atom stereocenters. The molecule has 1 aromatic carbocycles. The summed E-state index contributed by atoms with van der Waals surface area (Å²) in [4.78, 5) is 11.4. The predicted molar refractivity (Wildman–Crippen MR) is 65.9 cm³/mol. The van der Waals surface area contributed by atoms with E-state index < -0.39 is 11.8 Å². The Hall–Kier alpha value is -1.07. The molecule has 0 aliphatic heterocycles. The molecular formula is C11H9BrClFO3. The molecule has 0 aliphatic carbocycles. The van der Waals surface area contributed by atoms with E-state index in [1.54, 1.807) is 0 Å². The topological polar surface area (TPSA) is 35.5 Å². The van der Waals surface area contributed by atoms with E-state index in [4.69, 9.17) is 16.3 Å². The average Bonchev–Trinajstić information content (AvgIpc) is 2.29. The molecule has 0 bridgehead atoms. The average molecular weight is 324 g/mol. The fourth-order valence-corrected chi connectivity index (χ4v) is 1.45. The first-order chi connectivity index (χ1) is 7.95. The number of hydrogen-bond acceptors (Lipinski definition) is 3. The number of carbonyl (C=O) groups excluding carboxylic acids is 1. The molecular weight excluding hydrogens is 314 g/mol. The van der Waals surface area contributed by atoms with Crippen LogP contribution in [-0.4, -0.2) is 19.7 Å². The maximum absolute atomic E-state index is 13.3. The molecule has 6 heteroatoms. The quantitative estimate of drug-likeness (QED) is 0.796. The zero-order chi connectivity index (χ0) is 13.0. The first kappa shape index (κ1) is 14.0. The lowest BCUT2D eigenvalue weighted by Crippen LogP contribution is -2.07. The van der Waals surface area contributed by atoms with Crippen LogP contribution >= 0.6 is 27.5 Å². The van der Waals surface area contributed by atoms with Gasteiger partial charge in [-0.25, -0.2) is 9.18 Å². The van der Waals surface area contributed by atoms with Gasteiger partial charge in [0.25, 0.3) is 0 Å². The number of hydrogen-bond donors (Lipinski definition) is 0. The van der Waals surface area contributed by atoms with Crippen molar-refractivity contribution in [1.82, 2.24) is 0 Å². The predicted octanol–water partition coefficient (Wildman–Crippen LogP) is 3.51. The van der Waals surface area contributed by atoms with Crippen molar-refractivity contribution >= 4 is 33.5 Å². The molecule has 0 saturated heterocycles. The molecule has 0 fully saturated rings. The minimum atomic E-state index is -0.688. The molecule has 0 spiro atoms. The van der Waals surface area contributed by atoms with Crippen LogP contribution in [0.3, 0.4) is 0 Å². The van der Waals surface area contributed by atoms with Crippen molar-refractivity contribution in [2.24, 2.45) is 0 Å². The first-order valence-electron chi connectivity index (χ1n) is 4.49. The van der Waals surface area contributed by atoms with Crippen LogP contribution in [-0.2, 0) is 4.74 Å². The van der Waals surface area contributed by atoms with Gasteiger partial charge in [0.2, 0.25) is 0 Å². The van der Waals surface area contributed by atoms with Crippen LogP contribution in [0.4, 0.5) is 4.39 Å². The molecule has 0 aromatic heterocycles. The van der Waals surface area contributed by atoms with Gasteiger partial charge in [-0.3, -0.25) is 0 Å². The van der Waals surface area contributed by atoms with Gasteiger partial charge in [0.05, 0.1) is 11.6 Å². The molecule has 17 heavy (non-hydrogen) atoms. The number of benzene rings is 1. The second kappa shape index (κ2) is 6.02. The minimum absolute atomic E-state index is 0.00823. The lowest BCUT2D eigenvalue weighted by atomic mass is 10.2. The van der Waals surface area contributed by atoms with Crippen LogP contribution in [0.5, 0.6) is 5.75 Å². The lowest BCUT2D eigenvalue weighted by Gasteiger charge is -2.10. The molecule has 0 radical (unpaired) electrons. The highest BCUT2D eigenvalue weighted by Crippen LogP contribution is 2.27. The van der Waals surface area contributed by atoms with Crippen molar-refractivity contribution in [2.45, 2.75) is 0 Å². The SMILES string of the molecule is C=C(Cl)COc1cc(Br)c(F)cc1C(=O)OC. The summed E-state index contributed by atoms with van der Waals surface area (Å²) in [5, 5.41) is 0.265. The van der Waals surface area contributed by atoms with Crippen LogP contribution in [0.15, 0.2) is 28.2 Å². The third-order valence-corrected chi connectivity index (χ3v) is 2.53. The van der Waals surface area contributed by atoms with Gasteiger partial charge in [-0.05, 0) is 28.1 Å². The second-order valence-electron chi connectivity index (χ2n) is 3.06. The fraction of sp³-hybridized carbons (Fsp3) is 0.182. The Morgan fingerprint density at radius 3 is 2.76 bits per heavy atom. The third-order valence-electron chi connectivity index (χ3n) is 1.81. The van der Waals surface area contributed by atoms with Crippen LogP contribution in [0, 0.1) is 5.82 Å². The van der Waals surface area contributed by atoms with Crippen LogP contribution in [0.25, 0.3) is 0 Å². The summed E-state index contributed by atoms with van der Waals surface area (Å²) in [5.74, 6) is -1.10. The van der Waals surface area contributed by atoms with Crippen LogP contribution in [0.2, 0.25) is 0 Å². The van der Waals surface area contributed by atoms with Crippen molar-refractivity contribution in [3.05, 3.63) is 39.6 Å². The van der Waals surface area contributed by atoms with E-state index in [-0.39, 0.29) is 27.4 Å². The zero-order valence-electron chi connectivity index (χ0n) is 8.93. The van der Waals surface area contributed by atoms with Crippen LogP contribution in [0.1, 0.15) is 10.4 Å². The maximum atomic E-state index is 13.3. The smallest absolute Gasteiger partial charge is 0.341 e. The summed E-state index contributed by atoms with van der Waals surface area (Å²) >= 11 is 8.54. The molecule has 1 aromatic rings. The molecule has 3 nitrogen and oxygen atoms in total. The summed E-state index contributed by atoms with van der Waals surface area (Å²) < 4.78 is 23.2. The van der Waals surface area contributed by atoms with Crippen molar-refractivity contribution < 1.29 is 18.7 Å². The summed E-state index contributed by atoms with van der Waals surface area (Å²) in [6, 6.07) is 2.36. The Morgan fingerprint density at radius 1 is 1.59 bits per heavy atom. The van der Waals surface area contributed by atoms with Gasteiger partial charge in [-0.2, -0.15) is 0 Å².